The quantitative estimate of drug-likeness (QED) is 0.774. The highest BCUT2D eigenvalue weighted by Gasteiger charge is 2.11. The highest BCUT2D eigenvalue weighted by Crippen LogP contribution is 2.26. The maximum absolute atomic E-state index is 11.4. The molecule has 0 spiro atoms. The Morgan fingerprint density at radius 1 is 1.26 bits per heavy atom. The summed E-state index contributed by atoms with van der Waals surface area (Å²) >= 11 is 0. The predicted octanol–water partition coefficient (Wildman–Crippen LogP) is 2.22. The highest BCUT2D eigenvalue weighted by molar-refractivity contribution is 5.92. The van der Waals surface area contributed by atoms with E-state index >= 15 is 0 Å². The summed E-state index contributed by atoms with van der Waals surface area (Å²) in [5, 5.41) is 2.75. The molecule has 6 nitrogen and oxygen atoms in total. The summed E-state index contributed by atoms with van der Waals surface area (Å²) < 4.78 is 7.13. The van der Waals surface area contributed by atoms with Crippen LogP contribution >= 0.6 is 0 Å². The zero-order chi connectivity index (χ0) is 16.4. The Bertz CT molecular complexity index is 853. The van der Waals surface area contributed by atoms with Crippen molar-refractivity contribution in [3.63, 3.8) is 0 Å². The van der Waals surface area contributed by atoms with Gasteiger partial charge in [0.1, 0.15) is 11.4 Å². The van der Waals surface area contributed by atoms with Gasteiger partial charge in [-0.25, -0.2) is 4.98 Å². The minimum absolute atomic E-state index is 0.0436. The zero-order valence-corrected chi connectivity index (χ0v) is 13.0. The molecule has 2 aromatic heterocycles. The van der Waals surface area contributed by atoms with Crippen LogP contribution < -0.4 is 15.8 Å². The van der Waals surface area contributed by atoms with Crippen LogP contribution in [0.2, 0.25) is 0 Å². The van der Waals surface area contributed by atoms with Crippen LogP contribution in [0.4, 0.5) is 5.69 Å². The molecule has 1 aromatic carbocycles. The first-order chi connectivity index (χ1) is 11.1. The first kappa shape index (κ1) is 15.1. The lowest BCUT2D eigenvalue weighted by molar-refractivity contribution is -0.114. The molecule has 0 saturated heterocycles. The third kappa shape index (κ3) is 2.89. The molecule has 0 atom stereocenters. The van der Waals surface area contributed by atoms with Crippen molar-refractivity contribution in [1.29, 1.82) is 0 Å². The van der Waals surface area contributed by atoms with Crippen LogP contribution in [-0.4, -0.2) is 28.9 Å². The summed E-state index contributed by atoms with van der Waals surface area (Å²) in [5.41, 5.74) is 9.74. The normalized spacial score (nSPS) is 10.7. The van der Waals surface area contributed by atoms with Crippen molar-refractivity contribution in [3.8, 4) is 17.0 Å². The molecule has 0 fully saturated rings. The van der Waals surface area contributed by atoms with Gasteiger partial charge in [-0.1, -0.05) is 0 Å². The second-order valence-corrected chi connectivity index (χ2v) is 5.17. The van der Waals surface area contributed by atoms with E-state index < -0.39 is 0 Å². The summed E-state index contributed by atoms with van der Waals surface area (Å²) in [5.74, 6) is 0.583. The van der Waals surface area contributed by atoms with Crippen LogP contribution in [0.25, 0.3) is 16.9 Å². The Morgan fingerprint density at radius 3 is 2.65 bits per heavy atom. The molecule has 0 unspecified atom stereocenters. The number of imidazole rings is 1. The number of nitrogens with one attached hydrogen (secondary N) is 1. The van der Waals surface area contributed by atoms with E-state index in [1.165, 1.54) is 0 Å². The SMILES string of the molecule is COc1ccc(-c2nc3ccc(NC(=O)CN)cn3c2C)cc1. The number of hydrogen-bond acceptors (Lipinski definition) is 4. The Labute approximate surface area is 133 Å². The van der Waals surface area contributed by atoms with Gasteiger partial charge in [-0.3, -0.25) is 4.79 Å². The molecule has 0 radical (unpaired) electrons. The first-order valence-corrected chi connectivity index (χ1v) is 7.25. The number of carbonyl (C=O) groups is 1. The summed E-state index contributed by atoms with van der Waals surface area (Å²) in [4.78, 5) is 16.1. The average molecular weight is 310 g/mol. The fourth-order valence-corrected chi connectivity index (χ4v) is 2.47. The Balaban J connectivity index is 2.02. The monoisotopic (exact) mass is 310 g/mol. The predicted molar refractivity (Wildman–Crippen MR) is 89.6 cm³/mol. The van der Waals surface area contributed by atoms with Gasteiger partial charge in [0.05, 0.1) is 25.0 Å². The number of amides is 1. The fourth-order valence-electron chi connectivity index (χ4n) is 2.47. The number of methoxy groups -OCH3 is 1. The van der Waals surface area contributed by atoms with E-state index in [1.807, 2.05) is 53.9 Å². The number of benzene rings is 1. The van der Waals surface area contributed by atoms with Crippen LogP contribution in [0.15, 0.2) is 42.6 Å². The van der Waals surface area contributed by atoms with Gasteiger partial charge in [-0.15, -0.1) is 0 Å². The molecule has 0 bridgehead atoms. The van der Waals surface area contributed by atoms with E-state index in [1.54, 1.807) is 7.11 Å². The summed E-state index contributed by atoms with van der Waals surface area (Å²) in [6, 6.07) is 11.5. The van der Waals surface area contributed by atoms with Crippen molar-refractivity contribution in [2.45, 2.75) is 6.92 Å². The van der Waals surface area contributed by atoms with Crippen LogP contribution in [0.1, 0.15) is 5.69 Å². The number of pyridine rings is 1. The van der Waals surface area contributed by atoms with Gasteiger partial charge in [-0.05, 0) is 43.3 Å². The molecule has 23 heavy (non-hydrogen) atoms. The standard InChI is InChI=1S/C17H18N4O2/c1-11-17(12-3-6-14(23-2)7-4-12)20-15-8-5-13(10-21(11)15)19-16(22)9-18/h3-8,10H,9,18H2,1-2H3,(H,19,22). The molecule has 3 rings (SSSR count). The number of aromatic nitrogens is 2. The molecular weight excluding hydrogens is 292 g/mol. The molecule has 0 aliphatic heterocycles. The largest absolute Gasteiger partial charge is 0.497 e. The molecule has 0 saturated carbocycles. The molecule has 3 aromatic rings. The van der Waals surface area contributed by atoms with Crippen molar-refractivity contribution in [1.82, 2.24) is 9.38 Å². The van der Waals surface area contributed by atoms with Gasteiger partial charge >= 0.3 is 0 Å². The van der Waals surface area contributed by atoms with E-state index in [2.05, 4.69) is 10.3 Å². The molecule has 1 amide bonds. The van der Waals surface area contributed by atoms with E-state index in [4.69, 9.17) is 10.5 Å². The zero-order valence-electron chi connectivity index (χ0n) is 13.0. The number of rotatable bonds is 4. The minimum atomic E-state index is -0.225. The highest BCUT2D eigenvalue weighted by atomic mass is 16.5. The van der Waals surface area contributed by atoms with E-state index in [-0.39, 0.29) is 12.5 Å². The van der Waals surface area contributed by atoms with Crippen molar-refractivity contribution < 1.29 is 9.53 Å². The molecule has 118 valence electrons. The lowest BCUT2D eigenvalue weighted by Gasteiger charge is -2.05. The van der Waals surface area contributed by atoms with Gasteiger partial charge in [0.2, 0.25) is 5.91 Å². The molecule has 0 aliphatic carbocycles. The lowest BCUT2D eigenvalue weighted by atomic mass is 10.1. The van der Waals surface area contributed by atoms with E-state index in [0.717, 1.165) is 28.3 Å². The van der Waals surface area contributed by atoms with Crippen LogP contribution in [0.3, 0.4) is 0 Å². The lowest BCUT2D eigenvalue weighted by Crippen LogP contribution is -2.21. The summed E-state index contributed by atoms with van der Waals surface area (Å²) in [6.07, 6.45) is 1.85. The number of hydrogen-bond donors (Lipinski definition) is 2. The minimum Gasteiger partial charge on any atom is -0.497 e. The van der Waals surface area contributed by atoms with Gasteiger partial charge < -0.3 is 20.2 Å². The number of nitrogens with two attached hydrogens (primary N) is 1. The van der Waals surface area contributed by atoms with Gasteiger partial charge in [0.15, 0.2) is 0 Å². The number of aryl methyl sites for hydroxylation is 1. The van der Waals surface area contributed by atoms with Crippen molar-refractivity contribution in [3.05, 3.63) is 48.3 Å². The first-order valence-electron chi connectivity index (χ1n) is 7.25. The van der Waals surface area contributed by atoms with Crippen molar-refractivity contribution >= 4 is 17.2 Å². The number of anilines is 1. The fraction of sp³-hybridized carbons (Fsp3) is 0.176. The molecule has 0 aliphatic rings. The van der Waals surface area contributed by atoms with Gasteiger partial charge in [0.25, 0.3) is 0 Å². The molecule has 2 heterocycles. The summed E-state index contributed by atoms with van der Waals surface area (Å²) in [6.45, 7) is 1.95. The number of carbonyl (C=O) groups excluding carboxylic acids is 1. The number of nitrogens with zero attached hydrogens (tertiary/aromatic N) is 2. The molecule has 3 N–H and O–H groups in total. The van der Waals surface area contributed by atoms with Crippen molar-refractivity contribution in [2.24, 2.45) is 5.73 Å². The summed E-state index contributed by atoms with van der Waals surface area (Å²) in [7, 11) is 1.64. The van der Waals surface area contributed by atoms with Crippen LogP contribution in [-0.2, 0) is 4.79 Å². The number of ether oxygens (including phenoxy) is 1. The molecular formula is C17H18N4O2. The van der Waals surface area contributed by atoms with E-state index in [0.29, 0.717) is 5.69 Å². The van der Waals surface area contributed by atoms with Crippen LogP contribution in [0.5, 0.6) is 5.75 Å². The Morgan fingerprint density at radius 2 is 2.00 bits per heavy atom. The molecule has 6 heteroatoms. The van der Waals surface area contributed by atoms with Gasteiger partial charge in [-0.2, -0.15) is 0 Å². The van der Waals surface area contributed by atoms with Crippen LogP contribution in [0, 0.1) is 6.92 Å². The Hall–Kier alpha value is -2.86. The van der Waals surface area contributed by atoms with E-state index in [9.17, 15) is 4.79 Å². The average Bonchev–Trinajstić information content (AvgIpc) is 2.91. The number of fused-ring (bicyclic) bond motifs is 1. The Kier molecular flexibility index (Phi) is 3.99. The maximum Gasteiger partial charge on any atom is 0.238 e. The second-order valence-electron chi connectivity index (χ2n) is 5.17. The topological polar surface area (TPSA) is 81.6 Å². The smallest absolute Gasteiger partial charge is 0.238 e. The second kappa shape index (κ2) is 6.10. The third-order valence-electron chi connectivity index (χ3n) is 3.69. The third-order valence-corrected chi connectivity index (χ3v) is 3.69. The maximum atomic E-state index is 11.4. The van der Waals surface area contributed by atoms with Crippen molar-refractivity contribution in [2.75, 3.05) is 19.0 Å². The van der Waals surface area contributed by atoms with Gasteiger partial charge in [0, 0.05) is 17.5 Å².